The molecule has 0 atom stereocenters. The summed E-state index contributed by atoms with van der Waals surface area (Å²) in [5, 5.41) is 2.67. The zero-order chi connectivity index (χ0) is 16.7. The number of rotatable bonds is 7. The third-order valence-electron chi connectivity index (χ3n) is 3.09. The largest absolute Gasteiger partial charge is 0.493 e. The van der Waals surface area contributed by atoms with E-state index >= 15 is 0 Å². The van der Waals surface area contributed by atoms with Crippen LogP contribution in [0.15, 0.2) is 36.5 Å². The SMILES string of the molecule is COc1ccc(CNC(=O)COC(=O)c2ccc[nH]2)cc1OC. The highest BCUT2D eigenvalue weighted by molar-refractivity contribution is 5.89. The maximum Gasteiger partial charge on any atom is 0.355 e. The Balaban J connectivity index is 1.81. The average Bonchev–Trinajstić information content (AvgIpc) is 3.12. The molecule has 7 nitrogen and oxygen atoms in total. The highest BCUT2D eigenvalue weighted by Crippen LogP contribution is 2.27. The first-order chi connectivity index (χ1) is 11.1. The van der Waals surface area contributed by atoms with E-state index in [2.05, 4.69) is 10.3 Å². The lowest BCUT2D eigenvalue weighted by atomic mass is 10.2. The van der Waals surface area contributed by atoms with Gasteiger partial charge in [-0.3, -0.25) is 4.79 Å². The van der Waals surface area contributed by atoms with Crippen molar-refractivity contribution in [1.29, 1.82) is 0 Å². The Morgan fingerprint density at radius 1 is 1.13 bits per heavy atom. The number of methoxy groups -OCH3 is 2. The molecule has 0 fully saturated rings. The van der Waals surface area contributed by atoms with Gasteiger partial charge in [0.05, 0.1) is 14.2 Å². The first kappa shape index (κ1) is 16.4. The summed E-state index contributed by atoms with van der Waals surface area (Å²) in [6.45, 7) is -0.0512. The van der Waals surface area contributed by atoms with E-state index in [-0.39, 0.29) is 12.5 Å². The molecule has 1 heterocycles. The maximum atomic E-state index is 11.7. The number of hydrogen-bond donors (Lipinski definition) is 2. The highest BCUT2D eigenvalue weighted by Gasteiger charge is 2.11. The van der Waals surface area contributed by atoms with Crippen molar-refractivity contribution in [2.24, 2.45) is 0 Å². The third kappa shape index (κ3) is 4.50. The first-order valence-electron chi connectivity index (χ1n) is 6.92. The Bertz CT molecular complexity index is 667. The van der Waals surface area contributed by atoms with Crippen LogP contribution in [0.4, 0.5) is 0 Å². The molecule has 0 saturated heterocycles. The van der Waals surface area contributed by atoms with Crippen molar-refractivity contribution in [1.82, 2.24) is 10.3 Å². The Labute approximate surface area is 133 Å². The fourth-order valence-corrected chi connectivity index (χ4v) is 1.91. The molecule has 0 unspecified atom stereocenters. The fourth-order valence-electron chi connectivity index (χ4n) is 1.91. The van der Waals surface area contributed by atoms with Crippen molar-refractivity contribution < 1.29 is 23.8 Å². The van der Waals surface area contributed by atoms with Crippen LogP contribution in [-0.4, -0.2) is 37.7 Å². The molecule has 2 aromatic rings. The Hall–Kier alpha value is -2.96. The predicted molar refractivity (Wildman–Crippen MR) is 82.5 cm³/mol. The van der Waals surface area contributed by atoms with Gasteiger partial charge in [0.25, 0.3) is 5.91 Å². The first-order valence-corrected chi connectivity index (χ1v) is 6.92. The summed E-state index contributed by atoms with van der Waals surface area (Å²) in [6, 6.07) is 8.58. The van der Waals surface area contributed by atoms with E-state index < -0.39 is 5.97 Å². The van der Waals surface area contributed by atoms with Crippen molar-refractivity contribution >= 4 is 11.9 Å². The lowest BCUT2D eigenvalue weighted by Gasteiger charge is -2.10. The standard InChI is InChI=1S/C16H18N2O5/c1-21-13-6-5-11(8-14(13)22-2)9-18-15(19)10-23-16(20)12-4-3-7-17-12/h3-8,17H,9-10H2,1-2H3,(H,18,19). The van der Waals surface area contributed by atoms with Crippen LogP contribution in [0.1, 0.15) is 16.1 Å². The molecule has 0 radical (unpaired) electrons. The number of benzene rings is 1. The van der Waals surface area contributed by atoms with Crippen molar-refractivity contribution in [3.63, 3.8) is 0 Å². The number of carbonyl (C=O) groups is 2. The van der Waals surface area contributed by atoms with Crippen LogP contribution in [-0.2, 0) is 16.1 Å². The highest BCUT2D eigenvalue weighted by atomic mass is 16.5. The van der Waals surface area contributed by atoms with Gasteiger partial charge in [0.2, 0.25) is 0 Å². The van der Waals surface area contributed by atoms with Crippen LogP contribution in [0, 0.1) is 0 Å². The molecule has 2 rings (SSSR count). The molecule has 1 aromatic carbocycles. The van der Waals surface area contributed by atoms with Crippen molar-refractivity contribution in [3.8, 4) is 11.5 Å². The normalized spacial score (nSPS) is 10.0. The minimum atomic E-state index is -0.573. The predicted octanol–water partition coefficient (Wildman–Crippen LogP) is 1.51. The summed E-state index contributed by atoms with van der Waals surface area (Å²) >= 11 is 0. The second kappa shape index (κ2) is 7.88. The number of nitrogens with one attached hydrogen (secondary N) is 2. The van der Waals surface area contributed by atoms with Crippen LogP contribution in [0.5, 0.6) is 11.5 Å². The molecule has 1 aromatic heterocycles. The molecule has 23 heavy (non-hydrogen) atoms. The zero-order valence-electron chi connectivity index (χ0n) is 12.9. The quantitative estimate of drug-likeness (QED) is 0.755. The van der Waals surface area contributed by atoms with E-state index in [1.807, 2.05) is 6.07 Å². The molecule has 1 amide bonds. The zero-order valence-corrected chi connectivity index (χ0v) is 12.9. The average molecular weight is 318 g/mol. The maximum absolute atomic E-state index is 11.7. The summed E-state index contributed by atoms with van der Waals surface area (Å²) < 4.78 is 15.2. The molecule has 2 N–H and O–H groups in total. The van der Waals surface area contributed by atoms with E-state index in [9.17, 15) is 9.59 Å². The van der Waals surface area contributed by atoms with Gasteiger partial charge in [-0.15, -0.1) is 0 Å². The van der Waals surface area contributed by atoms with Crippen LogP contribution in [0.2, 0.25) is 0 Å². The van der Waals surface area contributed by atoms with Crippen LogP contribution in [0.3, 0.4) is 0 Å². The molecule has 7 heteroatoms. The summed E-state index contributed by atoms with van der Waals surface area (Å²) in [4.78, 5) is 26.0. The summed E-state index contributed by atoms with van der Waals surface area (Å²) in [5.74, 6) is 0.232. The van der Waals surface area contributed by atoms with Gasteiger partial charge >= 0.3 is 5.97 Å². The number of amides is 1. The van der Waals surface area contributed by atoms with Crippen LogP contribution in [0.25, 0.3) is 0 Å². The van der Waals surface area contributed by atoms with Gasteiger partial charge < -0.3 is 24.5 Å². The van der Waals surface area contributed by atoms with Gasteiger partial charge in [0, 0.05) is 12.7 Å². The van der Waals surface area contributed by atoms with Crippen LogP contribution < -0.4 is 14.8 Å². The summed E-state index contributed by atoms with van der Waals surface area (Å²) in [7, 11) is 3.10. The smallest absolute Gasteiger partial charge is 0.355 e. The summed E-state index contributed by atoms with van der Waals surface area (Å²) in [5.41, 5.74) is 1.14. The van der Waals surface area contributed by atoms with Gasteiger partial charge in [0.15, 0.2) is 18.1 Å². The number of aromatic nitrogens is 1. The summed E-state index contributed by atoms with van der Waals surface area (Å²) in [6.07, 6.45) is 1.60. The third-order valence-corrected chi connectivity index (χ3v) is 3.09. The second-order valence-corrected chi connectivity index (χ2v) is 4.63. The lowest BCUT2D eigenvalue weighted by Crippen LogP contribution is -2.28. The molecule has 0 saturated carbocycles. The van der Waals surface area contributed by atoms with Gasteiger partial charge in [-0.1, -0.05) is 6.07 Å². The monoisotopic (exact) mass is 318 g/mol. The molecule has 0 aliphatic rings. The molecule has 0 bridgehead atoms. The van der Waals surface area contributed by atoms with E-state index in [4.69, 9.17) is 14.2 Å². The van der Waals surface area contributed by atoms with E-state index in [0.717, 1.165) is 5.56 Å². The fraction of sp³-hybridized carbons (Fsp3) is 0.250. The molecule has 0 spiro atoms. The number of ether oxygens (including phenoxy) is 3. The number of hydrogen-bond acceptors (Lipinski definition) is 5. The molecular weight excluding hydrogens is 300 g/mol. The van der Waals surface area contributed by atoms with E-state index in [0.29, 0.717) is 23.7 Å². The Morgan fingerprint density at radius 3 is 2.57 bits per heavy atom. The molecule has 122 valence electrons. The number of esters is 1. The Kier molecular flexibility index (Phi) is 5.62. The van der Waals surface area contributed by atoms with Gasteiger partial charge in [0.1, 0.15) is 5.69 Å². The van der Waals surface area contributed by atoms with Crippen LogP contribution >= 0.6 is 0 Å². The second-order valence-electron chi connectivity index (χ2n) is 4.63. The van der Waals surface area contributed by atoms with Gasteiger partial charge in [-0.25, -0.2) is 4.79 Å². The minimum absolute atomic E-state index is 0.291. The van der Waals surface area contributed by atoms with E-state index in [1.165, 1.54) is 0 Å². The van der Waals surface area contributed by atoms with Crippen molar-refractivity contribution in [3.05, 3.63) is 47.8 Å². The lowest BCUT2D eigenvalue weighted by molar-refractivity contribution is -0.124. The number of H-pyrrole nitrogens is 1. The van der Waals surface area contributed by atoms with Gasteiger partial charge in [-0.05, 0) is 29.8 Å². The number of carbonyl (C=O) groups excluding carboxylic acids is 2. The van der Waals surface area contributed by atoms with Crippen molar-refractivity contribution in [2.75, 3.05) is 20.8 Å². The number of aromatic amines is 1. The molecule has 0 aliphatic heterocycles. The topological polar surface area (TPSA) is 89.6 Å². The van der Waals surface area contributed by atoms with Crippen molar-refractivity contribution in [2.45, 2.75) is 6.54 Å². The Morgan fingerprint density at radius 2 is 1.91 bits per heavy atom. The van der Waals surface area contributed by atoms with E-state index in [1.54, 1.807) is 44.7 Å². The molecular formula is C16H18N2O5. The van der Waals surface area contributed by atoms with Gasteiger partial charge in [-0.2, -0.15) is 0 Å². The molecule has 0 aliphatic carbocycles. The minimum Gasteiger partial charge on any atom is -0.493 e.